The van der Waals surface area contributed by atoms with Crippen molar-refractivity contribution in [3.8, 4) is 0 Å². The van der Waals surface area contributed by atoms with Crippen LogP contribution in [0.4, 0.5) is 4.79 Å². The number of rotatable bonds is 4. The van der Waals surface area contributed by atoms with E-state index in [9.17, 15) is 14.7 Å². The highest BCUT2D eigenvalue weighted by molar-refractivity contribution is 5.85. The summed E-state index contributed by atoms with van der Waals surface area (Å²) in [6.07, 6.45) is 1.49. The maximum atomic E-state index is 12.4. The smallest absolute Gasteiger partial charge is 0.405 e. The summed E-state index contributed by atoms with van der Waals surface area (Å²) in [5.41, 5.74) is 2.33. The number of hydrogen-bond acceptors (Lipinski definition) is 3. The average molecular weight is 292 g/mol. The Balaban J connectivity index is 2.18. The molecule has 2 amide bonds. The first-order valence-electron chi connectivity index (χ1n) is 6.99. The Labute approximate surface area is 123 Å². The van der Waals surface area contributed by atoms with Gasteiger partial charge in [-0.2, -0.15) is 0 Å². The Morgan fingerprint density at radius 2 is 2.14 bits per heavy atom. The van der Waals surface area contributed by atoms with E-state index in [0.717, 1.165) is 24.8 Å². The van der Waals surface area contributed by atoms with Crippen molar-refractivity contribution in [2.75, 3.05) is 13.7 Å². The lowest BCUT2D eigenvalue weighted by Crippen LogP contribution is -2.50. The van der Waals surface area contributed by atoms with Crippen LogP contribution in [-0.2, 0) is 11.2 Å². The number of carboxylic acid groups (broad SMARTS) is 1. The fraction of sp³-hybridized carbons (Fsp3) is 0.467. The lowest BCUT2D eigenvalue weighted by atomic mass is 9.87. The Morgan fingerprint density at radius 1 is 1.43 bits per heavy atom. The van der Waals surface area contributed by atoms with E-state index < -0.39 is 24.6 Å². The second-order valence-electron chi connectivity index (χ2n) is 5.24. The molecule has 2 rings (SSSR count). The van der Waals surface area contributed by atoms with Gasteiger partial charge < -0.3 is 20.4 Å². The van der Waals surface area contributed by atoms with Gasteiger partial charge in [-0.15, -0.1) is 0 Å². The standard InChI is InChI=1S/C15H20N2O4/c1-17(14(19)12(9-18)16-15(20)21)13-8-4-6-10-5-2-3-7-11(10)13/h2-3,5,7,12-13,16,18H,4,6,8-9H2,1H3,(H,20,21)/t12-,13+/m0/s1. The summed E-state index contributed by atoms with van der Waals surface area (Å²) in [6.45, 7) is -0.552. The predicted molar refractivity (Wildman–Crippen MR) is 76.9 cm³/mol. The third-order valence-corrected chi connectivity index (χ3v) is 3.93. The summed E-state index contributed by atoms with van der Waals surface area (Å²) in [6, 6.07) is 6.77. The normalized spacial score (nSPS) is 18.5. The number of benzene rings is 1. The quantitative estimate of drug-likeness (QED) is 0.776. The van der Waals surface area contributed by atoms with Crippen LogP contribution >= 0.6 is 0 Å². The van der Waals surface area contributed by atoms with E-state index in [4.69, 9.17) is 5.11 Å². The summed E-state index contributed by atoms with van der Waals surface area (Å²) in [7, 11) is 1.65. The molecule has 1 aliphatic carbocycles. The molecule has 0 unspecified atom stereocenters. The van der Waals surface area contributed by atoms with E-state index in [1.165, 1.54) is 10.5 Å². The van der Waals surface area contributed by atoms with Gasteiger partial charge in [0, 0.05) is 7.05 Å². The molecule has 0 radical (unpaired) electrons. The third kappa shape index (κ3) is 3.33. The number of likely N-dealkylation sites (N-methyl/N-ethyl adjacent to an activating group) is 1. The van der Waals surface area contributed by atoms with E-state index in [0.29, 0.717) is 0 Å². The number of carbonyl (C=O) groups excluding carboxylic acids is 1. The fourth-order valence-corrected chi connectivity index (χ4v) is 2.86. The van der Waals surface area contributed by atoms with Crippen LogP contribution in [0.2, 0.25) is 0 Å². The molecule has 0 aromatic heterocycles. The summed E-state index contributed by atoms with van der Waals surface area (Å²) in [5, 5.41) is 20.0. The molecule has 3 N–H and O–H groups in total. The molecule has 1 aliphatic rings. The molecule has 0 saturated heterocycles. The highest BCUT2D eigenvalue weighted by Gasteiger charge is 2.30. The van der Waals surface area contributed by atoms with Crippen LogP contribution in [0.1, 0.15) is 30.0 Å². The number of aliphatic hydroxyl groups excluding tert-OH is 1. The summed E-state index contributed by atoms with van der Waals surface area (Å²) < 4.78 is 0. The molecule has 2 atom stereocenters. The molecule has 6 heteroatoms. The largest absolute Gasteiger partial charge is 0.465 e. The molecule has 1 aromatic carbocycles. The molecule has 0 aliphatic heterocycles. The molecular formula is C15H20N2O4. The van der Waals surface area contributed by atoms with Gasteiger partial charge >= 0.3 is 6.09 Å². The minimum atomic E-state index is -1.32. The average Bonchev–Trinajstić information content (AvgIpc) is 2.50. The number of amides is 2. The molecule has 114 valence electrons. The molecule has 21 heavy (non-hydrogen) atoms. The van der Waals surface area contributed by atoms with Gasteiger partial charge in [0.05, 0.1) is 12.6 Å². The van der Waals surface area contributed by atoms with Gasteiger partial charge in [-0.1, -0.05) is 24.3 Å². The summed E-state index contributed by atoms with van der Waals surface area (Å²) in [4.78, 5) is 24.6. The zero-order chi connectivity index (χ0) is 15.4. The minimum Gasteiger partial charge on any atom is -0.465 e. The third-order valence-electron chi connectivity index (χ3n) is 3.93. The van der Waals surface area contributed by atoms with Crippen LogP contribution in [-0.4, -0.2) is 46.8 Å². The SMILES string of the molecule is CN(C(=O)[C@H](CO)NC(=O)O)[C@@H]1CCCc2ccccc21. The van der Waals surface area contributed by atoms with E-state index >= 15 is 0 Å². The van der Waals surface area contributed by atoms with Gasteiger partial charge in [-0.3, -0.25) is 4.79 Å². The van der Waals surface area contributed by atoms with Crippen LogP contribution in [0, 0.1) is 0 Å². The summed E-state index contributed by atoms with van der Waals surface area (Å²) in [5.74, 6) is -0.415. The first-order chi connectivity index (χ1) is 10.0. The number of aryl methyl sites for hydroxylation is 1. The lowest BCUT2D eigenvalue weighted by molar-refractivity contribution is -0.135. The second-order valence-corrected chi connectivity index (χ2v) is 5.24. The van der Waals surface area contributed by atoms with Gasteiger partial charge in [0.15, 0.2) is 0 Å². The lowest BCUT2D eigenvalue weighted by Gasteiger charge is -2.35. The van der Waals surface area contributed by atoms with Crippen molar-refractivity contribution in [2.45, 2.75) is 31.3 Å². The van der Waals surface area contributed by atoms with E-state index in [-0.39, 0.29) is 6.04 Å². The molecule has 6 nitrogen and oxygen atoms in total. The molecule has 0 fully saturated rings. The van der Waals surface area contributed by atoms with Crippen molar-refractivity contribution in [3.05, 3.63) is 35.4 Å². The van der Waals surface area contributed by atoms with Crippen molar-refractivity contribution in [1.29, 1.82) is 0 Å². The Bertz CT molecular complexity index is 532. The zero-order valence-corrected chi connectivity index (χ0v) is 12.0. The first kappa shape index (κ1) is 15.3. The monoisotopic (exact) mass is 292 g/mol. The van der Waals surface area contributed by atoms with Crippen LogP contribution in [0.15, 0.2) is 24.3 Å². The van der Waals surface area contributed by atoms with Gasteiger partial charge in [0.2, 0.25) is 5.91 Å². The van der Waals surface area contributed by atoms with Gasteiger partial charge in [0.1, 0.15) is 6.04 Å². The number of fused-ring (bicyclic) bond motifs is 1. The van der Waals surface area contributed by atoms with Crippen molar-refractivity contribution >= 4 is 12.0 Å². The number of hydrogen-bond donors (Lipinski definition) is 3. The van der Waals surface area contributed by atoms with Crippen molar-refractivity contribution < 1.29 is 19.8 Å². The van der Waals surface area contributed by atoms with Crippen molar-refractivity contribution in [3.63, 3.8) is 0 Å². The number of nitrogens with zero attached hydrogens (tertiary/aromatic N) is 1. The van der Waals surface area contributed by atoms with Crippen LogP contribution in [0.3, 0.4) is 0 Å². The molecular weight excluding hydrogens is 272 g/mol. The maximum Gasteiger partial charge on any atom is 0.405 e. The van der Waals surface area contributed by atoms with Gasteiger partial charge in [-0.05, 0) is 30.4 Å². The fourth-order valence-electron chi connectivity index (χ4n) is 2.86. The predicted octanol–water partition coefficient (Wildman–Crippen LogP) is 1.15. The Hall–Kier alpha value is -2.08. The van der Waals surface area contributed by atoms with E-state index in [1.54, 1.807) is 7.05 Å². The van der Waals surface area contributed by atoms with Crippen molar-refractivity contribution in [1.82, 2.24) is 10.2 Å². The van der Waals surface area contributed by atoms with Crippen LogP contribution in [0.25, 0.3) is 0 Å². The zero-order valence-electron chi connectivity index (χ0n) is 12.0. The topological polar surface area (TPSA) is 89.9 Å². The number of carbonyl (C=O) groups is 2. The maximum absolute atomic E-state index is 12.4. The molecule has 0 bridgehead atoms. The number of nitrogens with one attached hydrogen (secondary N) is 1. The Kier molecular flexibility index (Phi) is 4.80. The van der Waals surface area contributed by atoms with Crippen LogP contribution in [0.5, 0.6) is 0 Å². The van der Waals surface area contributed by atoms with Gasteiger partial charge in [-0.25, -0.2) is 4.79 Å². The molecule has 0 heterocycles. The van der Waals surface area contributed by atoms with Gasteiger partial charge in [0.25, 0.3) is 0 Å². The molecule has 1 aromatic rings. The number of aliphatic hydroxyl groups is 1. The van der Waals surface area contributed by atoms with Crippen molar-refractivity contribution in [2.24, 2.45) is 0 Å². The Morgan fingerprint density at radius 3 is 2.81 bits per heavy atom. The molecule has 0 saturated carbocycles. The first-order valence-corrected chi connectivity index (χ1v) is 6.99. The highest BCUT2D eigenvalue weighted by atomic mass is 16.4. The molecule has 0 spiro atoms. The highest BCUT2D eigenvalue weighted by Crippen LogP contribution is 2.33. The second kappa shape index (κ2) is 6.58. The van der Waals surface area contributed by atoms with Crippen LogP contribution < -0.4 is 5.32 Å². The minimum absolute atomic E-state index is 0.0768. The summed E-state index contributed by atoms with van der Waals surface area (Å²) >= 11 is 0. The van der Waals surface area contributed by atoms with E-state index in [1.807, 2.05) is 23.5 Å². The van der Waals surface area contributed by atoms with E-state index in [2.05, 4.69) is 6.07 Å².